The molecule has 0 radical (unpaired) electrons. The summed E-state index contributed by atoms with van der Waals surface area (Å²) in [5.41, 5.74) is -1.07. The molecule has 1 aromatic rings. The van der Waals surface area contributed by atoms with Gasteiger partial charge in [-0.15, -0.1) is 0 Å². The monoisotopic (exact) mass is 323 g/mol. The third-order valence-electron chi connectivity index (χ3n) is 2.33. The molecule has 0 aliphatic heterocycles. The van der Waals surface area contributed by atoms with Crippen LogP contribution in [-0.4, -0.2) is 10.7 Å². The lowest BCUT2D eigenvalue weighted by atomic mass is 10.1. The van der Waals surface area contributed by atoms with Crippen LogP contribution in [0.4, 0.5) is 18.9 Å². The molecule has 0 heterocycles. The molecule has 1 amide bonds. The summed E-state index contributed by atoms with van der Waals surface area (Å²) in [6.45, 7) is 3.60. The molecule has 18 heavy (non-hydrogen) atoms. The Morgan fingerprint density at radius 3 is 2.33 bits per heavy atom. The van der Waals surface area contributed by atoms with Crippen molar-refractivity contribution in [2.75, 3.05) is 5.32 Å². The van der Waals surface area contributed by atoms with Gasteiger partial charge < -0.3 is 5.32 Å². The fraction of sp³-hybridized carbons (Fsp3) is 0.417. The molecule has 0 saturated heterocycles. The van der Waals surface area contributed by atoms with Crippen LogP contribution in [0.3, 0.4) is 0 Å². The number of nitrogens with one attached hydrogen (secondary N) is 1. The number of carbonyl (C=O) groups is 1. The predicted octanol–water partition coefficient (Wildman–Crippen LogP) is 4.06. The molecule has 2 nitrogen and oxygen atoms in total. The van der Waals surface area contributed by atoms with E-state index in [4.69, 9.17) is 0 Å². The summed E-state index contributed by atoms with van der Waals surface area (Å²) >= 11 is 3.15. The molecule has 100 valence electrons. The van der Waals surface area contributed by atoms with Gasteiger partial charge in [0.05, 0.1) is 16.1 Å². The van der Waals surface area contributed by atoms with Crippen LogP contribution in [-0.2, 0) is 11.0 Å². The van der Waals surface area contributed by atoms with E-state index in [0.29, 0.717) is 0 Å². The van der Waals surface area contributed by atoms with E-state index in [9.17, 15) is 18.0 Å². The Morgan fingerprint density at radius 2 is 1.83 bits per heavy atom. The van der Waals surface area contributed by atoms with Crippen LogP contribution in [0.5, 0.6) is 0 Å². The Hall–Kier alpha value is -1.04. The van der Waals surface area contributed by atoms with Crippen molar-refractivity contribution in [3.8, 4) is 0 Å². The van der Waals surface area contributed by atoms with Gasteiger partial charge in [-0.25, -0.2) is 0 Å². The van der Waals surface area contributed by atoms with E-state index in [1.54, 1.807) is 13.8 Å². The van der Waals surface area contributed by atoms with E-state index in [0.717, 1.165) is 6.07 Å². The summed E-state index contributed by atoms with van der Waals surface area (Å²) in [7, 11) is 0. The number of amides is 1. The topological polar surface area (TPSA) is 29.1 Å². The highest BCUT2D eigenvalue weighted by molar-refractivity contribution is 9.10. The lowest BCUT2D eigenvalue weighted by molar-refractivity contribution is -0.137. The Bertz CT molecular complexity index is 432. The fourth-order valence-electron chi connectivity index (χ4n) is 1.34. The summed E-state index contributed by atoms with van der Waals surface area (Å²) in [4.78, 5) is 11.2. The summed E-state index contributed by atoms with van der Waals surface area (Å²) in [6, 6.07) is 4.91. The van der Waals surface area contributed by atoms with Crippen molar-refractivity contribution in [2.45, 2.75) is 24.9 Å². The molecule has 1 aromatic carbocycles. The largest absolute Gasteiger partial charge is 0.418 e. The second-order valence-corrected chi connectivity index (χ2v) is 5.16. The first-order chi connectivity index (χ1) is 8.23. The van der Waals surface area contributed by atoms with E-state index >= 15 is 0 Å². The SMILES string of the molecule is CC(C)[C@@H](Br)C(=O)Nc1ccccc1C(F)(F)F. The van der Waals surface area contributed by atoms with Gasteiger partial charge in [-0.3, -0.25) is 4.79 Å². The van der Waals surface area contributed by atoms with Gasteiger partial charge in [0.25, 0.3) is 0 Å². The van der Waals surface area contributed by atoms with E-state index < -0.39 is 22.5 Å². The van der Waals surface area contributed by atoms with E-state index in [2.05, 4.69) is 21.2 Å². The maximum atomic E-state index is 12.7. The smallest absolute Gasteiger partial charge is 0.325 e. The first-order valence-electron chi connectivity index (χ1n) is 5.34. The van der Waals surface area contributed by atoms with E-state index in [-0.39, 0.29) is 11.6 Å². The van der Waals surface area contributed by atoms with Crippen LogP contribution in [0.15, 0.2) is 24.3 Å². The number of para-hydroxylation sites is 1. The van der Waals surface area contributed by atoms with Crippen molar-refractivity contribution < 1.29 is 18.0 Å². The van der Waals surface area contributed by atoms with E-state index in [1.165, 1.54) is 18.2 Å². The third kappa shape index (κ3) is 3.73. The Balaban J connectivity index is 2.95. The minimum atomic E-state index is -4.48. The van der Waals surface area contributed by atoms with Crippen molar-refractivity contribution in [2.24, 2.45) is 5.92 Å². The summed E-state index contributed by atoms with van der Waals surface area (Å²) in [5, 5.41) is 2.29. The van der Waals surface area contributed by atoms with Gasteiger partial charge >= 0.3 is 6.18 Å². The molecule has 0 aromatic heterocycles. The number of benzene rings is 1. The van der Waals surface area contributed by atoms with Gasteiger partial charge in [0.15, 0.2) is 0 Å². The minimum Gasteiger partial charge on any atom is -0.325 e. The van der Waals surface area contributed by atoms with Crippen molar-refractivity contribution in [1.29, 1.82) is 0 Å². The molecule has 1 N–H and O–H groups in total. The van der Waals surface area contributed by atoms with Crippen molar-refractivity contribution in [1.82, 2.24) is 0 Å². The molecule has 0 aliphatic rings. The Morgan fingerprint density at radius 1 is 1.28 bits per heavy atom. The van der Waals surface area contributed by atoms with Gasteiger partial charge in [0, 0.05) is 0 Å². The van der Waals surface area contributed by atoms with Crippen molar-refractivity contribution in [3.63, 3.8) is 0 Å². The predicted molar refractivity (Wildman–Crippen MR) is 67.6 cm³/mol. The lowest BCUT2D eigenvalue weighted by Crippen LogP contribution is -2.28. The highest BCUT2D eigenvalue weighted by Gasteiger charge is 2.34. The molecule has 0 aliphatic carbocycles. The lowest BCUT2D eigenvalue weighted by Gasteiger charge is -2.17. The highest BCUT2D eigenvalue weighted by atomic mass is 79.9. The number of carbonyl (C=O) groups excluding carboxylic acids is 1. The first kappa shape index (κ1) is 15.0. The van der Waals surface area contributed by atoms with Crippen molar-refractivity contribution in [3.05, 3.63) is 29.8 Å². The average Bonchev–Trinajstić information content (AvgIpc) is 2.27. The molecule has 0 spiro atoms. The third-order valence-corrected chi connectivity index (χ3v) is 3.80. The van der Waals surface area contributed by atoms with Crippen LogP contribution in [0, 0.1) is 5.92 Å². The van der Waals surface area contributed by atoms with Crippen LogP contribution >= 0.6 is 15.9 Å². The maximum Gasteiger partial charge on any atom is 0.418 e. The second kappa shape index (κ2) is 5.73. The number of hydrogen-bond acceptors (Lipinski definition) is 1. The quantitative estimate of drug-likeness (QED) is 0.835. The zero-order chi connectivity index (χ0) is 13.9. The molecule has 0 unspecified atom stereocenters. The van der Waals surface area contributed by atoms with Crippen LogP contribution in [0.2, 0.25) is 0 Å². The first-order valence-corrected chi connectivity index (χ1v) is 6.26. The molecule has 1 atom stereocenters. The number of hydrogen-bond donors (Lipinski definition) is 1. The summed E-state index contributed by atoms with van der Waals surface area (Å²) < 4.78 is 38.1. The van der Waals surface area contributed by atoms with Gasteiger partial charge in [-0.2, -0.15) is 13.2 Å². The van der Waals surface area contributed by atoms with Gasteiger partial charge in [0.2, 0.25) is 5.91 Å². The number of alkyl halides is 4. The molecule has 0 bridgehead atoms. The van der Waals surface area contributed by atoms with Crippen molar-refractivity contribution >= 4 is 27.5 Å². The van der Waals surface area contributed by atoms with Gasteiger partial charge in [-0.1, -0.05) is 41.9 Å². The highest BCUT2D eigenvalue weighted by Crippen LogP contribution is 2.34. The molecule has 0 fully saturated rings. The van der Waals surface area contributed by atoms with Gasteiger partial charge in [0.1, 0.15) is 0 Å². The average molecular weight is 324 g/mol. The normalized spacial score (nSPS) is 13.5. The zero-order valence-corrected chi connectivity index (χ0v) is 11.5. The minimum absolute atomic E-state index is 0.0111. The van der Waals surface area contributed by atoms with Crippen LogP contribution < -0.4 is 5.32 Å². The molecule has 6 heteroatoms. The Kier molecular flexibility index (Phi) is 4.78. The van der Waals surface area contributed by atoms with Gasteiger partial charge in [-0.05, 0) is 18.1 Å². The molecule has 1 rings (SSSR count). The summed E-state index contributed by atoms with van der Waals surface area (Å²) in [5.74, 6) is -0.496. The second-order valence-electron chi connectivity index (χ2n) is 4.18. The van der Waals surface area contributed by atoms with Crippen LogP contribution in [0.1, 0.15) is 19.4 Å². The molecular weight excluding hydrogens is 311 g/mol. The van der Waals surface area contributed by atoms with E-state index in [1.807, 2.05) is 0 Å². The summed E-state index contributed by atoms with van der Waals surface area (Å²) in [6.07, 6.45) is -4.48. The van der Waals surface area contributed by atoms with Crippen LogP contribution in [0.25, 0.3) is 0 Å². The Labute approximate surface area is 112 Å². The number of rotatable bonds is 3. The molecular formula is C12H13BrF3NO. The number of anilines is 1. The molecule has 0 saturated carbocycles. The standard InChI is InChI=1S/C12H13BrF3NO/c1-7(2)10(13)11(18)17-9-6-4-3-5-8(9)12(14,15)16/h3-7,10H,1-2H3,(H,17,18)/t10-/m1/s1. The number of halogens is 4. The zero-order valence-electron chi connectivity index (χ0n) is 9.88. The maximum absolute atomic E-state index is 12.7. The fourth-order valence-corrected chi connectivity index (χ4v) is 1.46.